The Morgan fingerprint density at radius 3 is 2.35 bits per heavy atom. The van der Waals surface area contributed by atoms with Gasteiger partial charge in [0.05, 0.1) is 11.9 Å². The summed E-state index contributed by atoms with van der Waals surface area (Å²) in [6.07, 6.45) is 1.10. The van der Waals surface area contributed by atoms with Crippen molar-refractivity contribution in [3.8, 4) is 0 Å². The third kappa shape index (κ3) is 5.21. The summed E-state index contributed by atoms with van der Waals surface area (Å²) in [6.45, 7) is 7.20. The van der Waals surface area contributed by atoms with Crippen LogP contribution in [0.25, 0.3) is 0 Å². The first-order valence-corrected chi connectivity index (χ1v) is 8.19. The molecule has 1 rings (SSSR count). The lowest BCUT2D eigenvalue weighted by Gasteiger charge is -2.26. The van der Waals surface area contributed by atoms with Crippen molar-refractivity contribution in [3.63, 3.8) is 0 Å². The van der Waals surface area contributed by atoms with Crippen LogP contribution in [-0.4, -0.2) is 32.7 Å². The standard InChI is InChI=1S/C14H22N2O3S/c1-11-7-6-8-12(9-11)16(20(5,18)19)10-13(17)15-14(2,3)4/h6-9H,10H2,1-5H3,(H,15,17). The number of anilines is 1. The maximum atomic E-state index is 12.0. The molecule has 0 spiro atoms. The molecule has 0 saturated heterocycles. The van der Waals surface area contributed by atoms with Crippen molar-refractivity contribution in [3.05, 3.63) is 29.8 Å². The monoisotopic (exact) mass is 298 g/mol. The first-order valence-electron chi connectivity index (χ1n) is 6.34. The van der Waals surface area contributed by atoms with E-state index in [1.807, 2.05) is 33.8 Å². The van der Waals surface area contributed by atoms with E-state index in [0.29, 0.717) is 5.69 Å². The van der Waals surface area contributed by atoms with E-state index in [9.17, 15) is 13.2 Å². The Morgan fingerprint density at radius 2 is 1.90 bits per heavy atom. The third-order valence-corrected chi connectivity index (χ3v) is 3.63. The van der Waals surface area contributed by atoms with E-state index in [1.54, 1.807) is 18.2 Å². The zero-order valence-electron chi connectivity index (χ0n) is 12.6. The topological polar surface area (TPSA) is 66.5 Å². The normalized spacial score (nSPS) is 12.1. The lowest BCUT2D eigenvalue weighted by atomic mass is 10.1. The Balaban J connectivity index is 3.02. The summed E-state index contributed by atoms with van der Waals surface area (Å²) in [4.78, 5) is 12.0. The molecule has 20 heavy (non-hydrogen) atoms. The van der Waals surface area contributed by atoms with E-state index in [0.717, 1.165) is 16.1 Å². The molecule has 0 unspecified atom stereocenters. The van der Waals surface area contributed by atoms with Crippen LogP contribution < -0.4 is 9.62 Å². The zero-order chi connectivity index (χ0) is 15.6. The second-order valence-electron chi connectivity index (χ2n) is 5.91. The van der Waals surface area contributed by atoms with E-state index in [1.165, 1.54) is 0 Å². The average molecular weight is 298 g/mol. The molecule has 0 aliphatic rings. The van der Waals surface area contributed by atoms with Crippen molar-refractivity contribution < 1.29 is 13.2 Å². The molecule has 0 radical (unpaired) electrons. The number of amides is 1. The highest BCUT2D eigenvalue weighted by Crippen LogP contribution is 2.18. The Kier molecular flexibility index (Phi) is 4.81. The molecule has 6 heteroatoms. The molecule has 0 aliphatic carbocycles. The van der Waals surface area contributed by atoms with Crippen molar-refractivity contribution in [1.82, 2.24) is 5.32 Å². The van der Waals surface area contributed by atoms with Crippen molar-refractivity contribution in [2.45, 2.75) is 33.2 Å². The zero-order valence-corrected chi connectivity index (χ0v) is 13.4. The summed E-state index contributed by atoms with van der Waals surface area (Å²) in [6, 6.07) is 7.06. The Morgan fingerprint density at radius 1 is 1.30 bits per heavy atom. The fourth-order valence-corrected chi connectivity index (χ4v) is 2.62. The van der Waals surface area contributed by atoms with Crippen LogP contribution in [0.3, 0.4) is 0 Å². The molecule has 112 valence electrons. The van der Waals surface area contributed by atoms with Crippen molar-refractivity contribution in [1.29, 1.82) is 0 Å². The molecule has 0 aliphatic heterocycles. The predicted molar refractivity (Wildman–Crippen MR) is 81.3 cm³/mol. The van der Waals surface area contributed by atoms with Crippen molar-refractivity contribution >= 4 is 21.6 Å². The van der Waals surface area contributed by atoms with Crippen molar-refractivity contribution in [2.24, 2.45) is 0 Å². The molecule has 1 aromatic rings. The van der Waals surface area contributed by atoms with E-state index < -0.39 is 15.6 Å². The van der Waals surface area contributed by atoms with E-state index >= 15 is 0 Å². The minimum atomic E-state index is -3.51. The maximum absolute atomic E-state index is 12.0. The van der Waals surface area contributed by atoms with Crippen LogP contribution in [0, 0.1) is 6.92 Å². The van der Waals surface area contributed by atoms with Gasteiger partial charge in [-0.25, -0.2) is 8.42 Å². The predicted octanol–water partition coefficient (Wildman–Crippen LogP) is 1.68. The molecule has 0 fully saturated rings. The molecule has 0 aromatic heterocycles. The van der Waals surface area contributed by atoms with Gasteiger partial charge in [-0.2, -0.15) is 0 Å². The smallest absolute Gasteiger partial charge is 0.241 e. The first-order chi connectivity index (χ1) is 8.99. The Hall–Kier alpha value is -1.56. The van der Waals surface area contributed by atoms with Crippen LogP contribution in [0.15, 0.2) is 24.3 Å². The van der Waals surface area contributed by atoms with E-state index in [-0.39, 0.29) is 12.5 Å². The number of carbonyl (C=O) groups excluding carboxylic acids is 1. The highest BCUT2D eigenvalue weighted by Gasteiger charge is 2.23. The fraction of sp³-hybridized carbons (Fsp3) is 0.500. The van der Waals surface area contributed by atoms with Crippen LogP contribution >= 0.6 is 0 Å². The van der Waals surface area contributed by atoms with Crippen LogP contribution in [0.1, 0.15) is 26.3 Å². The van der Waals surface area contributed by atoms with Gasteiger partial charge in [-0.3, -0.25) is 9.10 Å². The molecule has 0 bridgehead atoms. The lowest BCUT2D eigenvalue weighted by Crippen LogP contribution is -2.47. The molecule has 1 N–H and O–H groups in total. The van der Waals surface area contributed by atoms with E-state index in [4.69, 9.17) is 0 Å². The molecular formula is C14H22N2O3S. The first kappa shape index (κ1) is 16.5. The van der Waals surface area contributed by atoms with Crippen LogP contribution in [0.2, 0.25) is 0 Å². The van der Waals surface area contributed by atoms with Crippen molar-refractivity contribution in [2.75, 3.05) is 17.1 Å². The highest BCUT2D eigenvalue weighted by molar-refractivity contribution is 7.92. The SMILES string of the molecule is Cc1cccc(N(CC(=O)NC(C)(C)C)S(C)(=O)=O)c1. The average Bonchev–Trinajstić information content (AvgIpc) is 2.21. The minimum Gasteiger partial charge on any atom is -0.350 e. The summed E-state index contributed by atoms with van der Waals surface area (Å²) in [7, 11) is -3.51. The van der Waals surface area contributed by atoms with Crippen LogP contribution in [0.5, 0.6) is 0 Å². The summed E-state index contributed by atoms with van der Waals surface area (Å²) >= 11 is 0. The van der Waals surface area contributed by atoms with Gasteiger partial charge in [0.25, 0.3) is 0 Å². The van der Waals surface area contributed by atoms with Gasteiger partial charge in [0, 0.05) is 5.54 Å². The number of carbonyl (C=O) groups is 1. The summed E-state index contributed by atoms with van der Waals surface area (Å²) in [5, 5.41) is 2.76. The van der Waals surface area contributed by atoms with E-state index in [2.05, 4.69) is 5.32 Å². The third-order valence-electron chi connectivity index (χ3n) is 2.49. The molecule has 5 nitrogen and oxygen atoms in total. The van der Waals surface area contributed by atoms with Gasteiger partial charge >= 0.3 is 0 Å². The van der Waals surface area contributed by atoms with Gasteiger partial charge in [0.1, 0.15) is 6.54 Å². The Bertz CT molecular complexity index is 589. The number of aryl methyl sites for hydroxylation is 1. The summed E-state index contributed by atoms with van der Waals surface area (Å²) in [5.74, 6) is -0.329. The summed E-state index contributed by atoms with van der Waals surface area (Å²) in [5.41, 5.74) is 1.04. The number of nitrogens with zero attached hydrogens (tertiary/aromatic N) is 1. The van der Waals surface area contributed by atoms with Gasteiger partial charge in [0.2, 0.25) is 15.9 Å². The second-order valence-corrected chi connectivity index (χ2v) is 7.81. The molecule has 0 heterocycles. The van der Waals surface area contributed by atoms with Crippen LogP contribution in [-0.2, 0) is 14.8 Å². The number of hydrogen-bond donors (Lipinski definition) is 1. The lowest BCUT2D eigenvalue weighted by molar-refractivity contribution is -0.121. The highest BCUT2D eigenvalue weighted by atomic mass is 32.2. The van der Waals surface area contributed by atoms with Gasteiger partial charge in [-0.1, -0.05) is 12.1 Å². The second kappa shape index (κ2) is 5.83. The van der Waals surface area contributed by atoms with Gasteiger partial charge in [-0.05, 0) is 45.4 Å². The molecule has 1 amide bonds. The number of sulfonamides is 1. The molecule has 1 aromatic carbocycles. The molecule has 0 saturated carbocycles. The van der Waals surface area contributed by atoms with Gasteiger partial charge in [-0.15, -0.1) is 0 Å². The fourth-order valence-electron chi connectivity index (χ4n) is 1.77. The number of nitrogens with one attached hydrogen (secondary N) is 1. The van der Waals surface area contributed by atoms with Gasteiger partial charge < -0.3 is 5.32 Å². The van der Waals surface area contributed by atoms with Gasteiger partial charge in [0.15, 0.2) is 0 Å². The minimum absolute atomic E-state index is 0.223. The molecule has 0 atom stereocenters. The van der Waals surface area contributed by atoms with Crippen LogP contribution in [0.4, 0.5) is 5.69 Å². The number of benzene rings is 1. The Labute approximate surface area is 121 Å². The largest absolute Gasteiger partial charge is 0.350 e. The number of rotatable bonds is 4. The maximum Gasteiger partial charge on any atom is 0.241 e. The quantitative estimate of drug-likeness (QED) is 0.919. The number of hydrogen-bond acceptors (Lipinski definition) is 3. The molecular weight excluding hydrogens is 276 g/mol. The summed E-state index contributed by atoms with van der Waals surface area (Å²) < 4.78 is 24.9.